The molecule has 1 fully saturated rings. The van der Waals surface area contributed by atoms with E-state index >= 15 is 0 Å². The normalized spacial score (nSPS) is 16.0. The number of amides is 1. The lowest BCUT2D eigenvalue weighted by atomic mass is 9.99. The van der Waals surface area contributed by atoms with Gasteiger partial charge >= 0.3 is 6.09 Å². The van der Waals surface area contributed by atoms with Crippen LogP contribution in [0.3, 0.4) is 0 Å². The molecule has 23 heavy (non-hydrogen) atoms. The number of piperidine rings is 1. The Morgan fingerprint density at radius 2 is 2.17 bits per heavy atom. The molecule has 5 nitrogen and oxygen atoms in total. The Bertz CT molecular complexity index is 584. The van der Waals surface area contributed by atoms with E-state index in [9.17, 15) is 4.79 Å². The number of hydrogen-bond donors (Lipinski definition) is 0. The summed E-state index contributed by atoms with van der Waals surface area (Å²) < 4.78 is 5.41. The fourth-order valence-electron chi connectivity index (χ4n) is 2.37. The quantitative estimate of drug-likeness (QED) is 0.789. The third-order valence-corrected chi connectivity index (χ3v) is 4.75. The number of aromatic nitrogens is 1. The van der Waals surface area contributed by atoms with Gasteiger partial charge in [0.2, 0.25) is 0 Å². The van der Waals surface area contributed by atoms with Crippen molar-refractivity contribution in [2.75, 3.05) is 18.8 Å². The molecule has 1 aliphatic rings. The van der Waals surface area contributed by atoms with E-state index < -0.39 is 5.60 Å². The number of rotatable bonds is 3. The van der Waals surface area contributed by atoms with Crippen LogP contribution < -0.4 is 0 Å². The molecule has 0 saturated carbocycles. The predicted molar refractivity (Wildman–Crippen MR) is 90.2 cm³/mol. The summed E-state index contributed by atoms with van der Waals surface area (Å²) in [6.45, 7) is 7.14. The molecule has 2 rings (SSSR count). The summed E-state index contributed by atoms with van der Waals surface area (Å²) >= 11 is 1.68. The number of hydrogen-bond acceptors (Lipinski definition) is 5. The van der Waals surface area contributed by atoms with Crippen LogP contribution in [0.4, 0.5) is 4.79 Å². The Balaban J connectivity index is 1.76. The monoisotopic (exact) mass is 333 g/mol. The van der Waals surface area contributed by atoms with E-state index in [0.717, 1.165) is 36.7 Å². The zero-order valence-corrected chi connectivity index (χ0v) is 14.7. The van der Waals surface area contributed by atoms with E-state index in [2.05, 4.69) is 11.1 Å². The molecular weight excluding hydrogens is 310 g/mol. The molecule has 1 aliphatic heterocycles. The number of carbonyl (C=O) groups is 1. The van der Waals surface area contributed by atoms with Gasteiger partial charge in [-0.05, 0) is 51.7 Å². The van der Waals surface area contributed by atoms with Crippen LogP contribution in [0.5, 0.6) is 0 Å². The number of likely N-dealkylation sites (tertiary alicyclic amines) is 1. The highest BCUT2D eigenvalue weighted by Gasteiger charge is 2.26. The van der Waals surface area contributed by atoms with Crippen LogP contribution in [0.2, 0.25) is 0 Å². The van der Waals surface area contributed by atoms with Gasteiger partial charge in [0, 0.05) is 25.0 Å². The third-order valence-electron chi connectivity index (χ3n) is 3.60. The van der Waals surface area contributed by atoms with E-state index in [0.29, 0.717) is 11.5 Å². The maximum Gasteiger partial charge on any atom is 0.410 e. The average Bonchev–Trinajstić information content (AvgIpc) is 2.52. The van der Waals surface area contributed by atoms with Gasteiger partial charge in [-0.2, -0.15) is 5.26 Å². The van der Waals surface area contributed by atoms with Crippen LogP contribution in [0, 0.1) is 17.2 Å². The van der Waals surface area contributed by atoms with Crippen LogP contribution in [0.25, 0.3) is 0 Å². The summed E-state index contributed by atoms with van der Waals surface area (Å²) in [7, 11) is 0. The molecule has 2 heterocycles. The van der Waals surface area contributed by atoms with Crippen molar-refractivity contribution in [3.63, 3.8) is 0 Å². The highest BCUT2D eigenvalue weighted by atomic mass is 32.2. The Morgan fingerprint density at radius 3 is 2.78 bits per heavy atom. The first kappa shape index (κ1) is 17.6. The highest BCUT2D eigenvalue weighted by molar-refractivity contribution is 7.99. The second kappa shape index (κ2) is 7.69. The molecule has 1 aromatic heterocycles. The first-order chi connectivity index (χ1) is 10.9. The standard InChI is InChI=1S/C17H23N3O2S/c1-17(2,3)22-16(21)20-8-5-13(6-9-20)12-23-15-10-14(11-18)4-7-19-15/h4,7,10,13H,5-6,8-9,12H2,1-3H3. The smallest absolute Gasteiger partial charge is 0.410 e. The number of ether oxygens (including phenoxy) is 1. The van der Waals surface area contributed by atoms with Gasteiger partial charge in [0.05, 0.1) is 16.7 Å². The number of carbonyl (C=O) groups excluding carboxylic acids is 1. The Labute approximate surface area is 142 Å². The summed E-state index contributed by atoms with van der Waals surface area (Å²) in [6, 6.07) is 5.66. The van der Waals surface area contributed by atoms with Gasteiger partial charge in [0.25, 0.3) is 0 Å². The van der Waals surface area contributed by atoms with Gasteiger partial charge < -0.3 is 9.64 Å². The Morgan fingerprint density at radius 1 is 1.48 bits per heavy atom. The van der Waals surface area contributed by atoms with Crippen LogP contribution >= 0.6 is 11.8 Å². The Kier molecular flexibility index (Phi) is 5.89. The van der Waals surface area contributed by atoms with Crippen molar-refractivity contribution in [3.8, 4) is 6.07 Å². The molecule has 0 spiro atoms. The lowest BCUT2D eigenvalue weighted by Gasteiger charge is -2.33. The molecule has 1 amide bonds. The zero-order chi connectivity index (χ0) is 16.9. The summed E-state index contributed by atoms with van der Waals surface area (Å²) in [6.07, 6.45) is 3.41. The van der Waals surface area contributed by atoms with Crippen LogP contribution in [0.1, 0.15) is 39.2 Å². The number of pyridine rings is 1. The third kappa shape index (κ3) is 5.76. The van der Waals surface area contributed by atoms with Crippen LogP contribution in [-0.2, 0) is 4.74 Å². The zero-order valence-electron chi connectivity index (χ0n) is 13.9. The second-order valence-corrected chi connectivity index (χ2v) is 7.76. The maximum absolute atomic E-state index is 12.0. The van der Waals surface area contributed by atoms with E-state index in [1.807, 2.05) is 26.8 Å². The van der Waals surface area contributed by atoms with E-state index in [4.69, 9.17) is 10.00 Å². The largest absolute Gasteiger partial charge is 0.444 e. The van der Waals surface area contributed by atoms with Crippen LogP contribution in [0.15, 0.2) is 23.4 Å². The molecule has 6 heteroatoms. The van der Waals surface area contributed by atoms with Crippen molar-refractivity contribution >= 4 is 17.9 Å². The maximum atomic E-state index is 12.0. The summed E-state index contributed by atoms with van der Waals surface area (Å²) in [5, 5.41) is 9.79. The van der Waals surface area contributed by atoms with Gasteiger partial charge in [-0.25, -0.2) is 9.78 Å². The van der Waals surface area contributed by atoms with Gasteiger partial charge in [0.1, 0.15) is 5.60 Å². The average molecular weight is 333 g/mol. The molecule has 1 saturated heterocycles. The number of nitrogens with zero attached hydrogens (tertiary/aromatic N) is 3. The van der Waals surface area contributed by atoms with E-state index in [1.165, 1.54) is 0 Å². The molecule has 124 valence electrons. The van der Waals surface area contributed by atoms with Crippen LogP contribution in [-0.4, -0.2) is 40.4 Å². The highest BCUT2D eigenvalue weighted by Crippen LogP contribution is 2.26. The first-order valence-corrected chi connectivity index (χ1v) is 8.83. The minimum absolute atomic E-state index is 0.216. The lowest BCUT2D eigenvalue weighted by Crippen LogP contribution is -2.42. The molecule has 0 aliphatic carbocycles. The first-order valence-electron chi connectivity index (χ1n) is 7.84. The topological polar surface area (TPSA) is 66.2 Å². The fourth-order valence-corrected chi connectivity index (χ4v) is 3.46. The summed E-state index contributed by atoms with van der Waals surface area (Å²) in [4.78, 5) is 18.1. The molecule has 0 N–H and O–H groups in total. The minimum atomic E-state index is -0.443. The molecule has 0 radical (unpaired) electrons. The van der Waals surface area contributed by atoms with Gasteiger partial charge in [-0.1, -0.05) is 0 Å². The summed E-state index contributed by atoms with van der Waals surface area (Å²) in [5.74, 6) is 1.52. The Hall–Kier alpha value is -1.74. The molecule has 0 atom stereocenters. The van der Waals surface area contributed by atoms with Crippen molar-refractivity contribution in [1.82, 2.24) is 9.88 Å². The van der Waals surface area contributed by atoms with E-state index in [-0.39, 0.29) is 6.09 Å². The van der Waals surface area contributed by atoms with Gasteiger partial charge in [-0.3, -0.25) is 0 Å². The van der Waals surface area contributed by atoms with Gasteiger partial charge in [0.15, 0.2) is 0 Å². The minimum Gasteiger partial charge on any atom is -0.444 e. The number of nitriles is 1. The summed E-state index contributed by atoms with van der Waals surface area (Å²) in [5.41, 5.74) is 0.198. The predicted octanol–water partition coefficient (Wildman–Crippen LogP) is 3.69. The number of thioether (sulfide) groups is 1. The van der Waals surface area contributed by atoms with Gasteiger partial charge in [-0.15, -0.1) is 11.8 Å². The SMILES string of the molecule is CC(C)(C)OC(=O)N1CCC(CSc2cc(C#N)ccn2)CC1. The fraction of sp³-hybridized carbons (Fsp3) is 0.588. The van der Waals surface area contributed by atoms with Crippen molar-refractivity contribution in [3.05, 3.63) is 23.9 Å². The van der Waals surface area contributed by atoms with Crippen molar-refractivity contribution in [1.29, 1.82) is 5.26 Å². The molecule has 0 unspecified atom stereocenters. The molecule has 1 aromatic rings. The second-order valence-electron chi connectivity index (χ2n) is 6.72. The van der Waals surface area contributed by atoms with Crippen molar-refractivity contribution in [2.24, 2.45) is 5.92 Å². The molecule has 0 aromatic carbocycles. The van der Waals surface area contributed by atoms with Crippen molar-refractivity contribution in [2.45, 2.75) is 44.2 Å². The molecular formula is C17H23N3O2S. The van der Waals surface area contributed by atoms with E-state index in [1.54, 1.807) is 28.9 Å². The lowest BCUT2D eigenvalue weighted by molar-refractivity contribution is 0.0191. The molecule has 0 bridgehead atoms. The van der Waals surface area contributed by atoms with Crippen molar-refractivity contribution < 1.29 is 9.53 Å².